The summed E-state index contributed by atoms with van der Waals surface area (Å²) >= 11 is 0. The van der Waals surface area contributed by atoms with Crippen molar-refractivity contribution in [1.82, 2.24) is 10.2 Å². The standard InChI is InChI=1S/C12H14N2O3/c15-11(9-4-2-1-3-5-9)14-7-6-10(8-14)13-12(16)17/h1-5,10,13H,6-8H2,(H,16,17). The van der Waals surface area contributed by atoms with Crippen LogP contribution in [-0.2, 0) is 0 Å². The maximum Gasteiger partial charge on any atom is 0.404 e. The normalized spacial score (nSPS) is 19.1. The molecule has 2 N–H and O–H groups in total. The van der Waals surface area contributed by atoms with Gasteiger partial charge in [-0.2, -0.15) is 0 Å². The first kappa shape index (κ1) is 11.4. The molecule has 2 amide bonds. The van der Waals surface area contributed by atoms with Crippen molar-refractivity contribution in [3.8, 4) is 0 Å². The molecular formula is C12H14N2O3. The van der Waals surface area contributed by atoms with Gasteiger partial charge in [0, 0.05) is 18.7 Å². The zero-order chi connectivity index (χ0) is 12.3. The minimum atomic E-state index is -1.04. The number of carbonyl (C=O) groups excluding carboxylic acids is 1. The van der Waals surface area contributed by atoms with Gasteiger partial charge in [-0.05, 0) is 18.6 Å². The molecule has 1 saturated heterocycles. The quantitative estimate of drug-likeness (QED) is 0.807. The first-order valence-corrected chi connectivity index (χ1v) is 5.50. The third-order valence-electron chi connectivity index (χ3n) is 2.82. The summed E-state index contributed by atoms with van der Waals surface area (Å²) in [6, 6.07) is 8.86. The molecular weight excluding hydrogens is 220 g/mol. The SMILES string of the molecule is O=C(O)NC1CCN(C(=O)c2ccccc2)C1. The average Bonchev–Trinajstić information content (AvgIpc) is 2.77. The molecule has 0 aromatic heterocycles. The molecule has 1 aliphatic heterocycles. The van der Waals surface area contributed by atoms with Crippen LogP contribution in [0.1, 0.15) is 16.8 Å². The van der Waals surface area contributed by atoms with Crippen LogP contribution >= 0.6 is 0 Å². The Morgan fingerprint density at radius 2 is 2.00 bits per heavy atom. The summed E-state index contributed by atoms with van der Waals surface area (Å²) < 4.78 is 0. The second-order valence-corrected chi connectivity index (χ2v) is 4.05. The fourth-order valence-corrected chi connectivity index (χ4v) is 2.00. The number of hydrogen-bond acceptors (Lipinski definition) is 2. The summed E-state index contributed by atoms with van der Waals surface area (Å²) in [5, 5.41) is 11.0. The van der Waals surface area contributed by atoms with E-state index in [-0.39, 0.29) is 11.9 Å². The Morgan fingerprint density at radius 1 is 1.29 bits per heavy atom. The molecule has 5 heteroatoms. The van der Waals surface area contributed by atoms with Gasteiger partial charge in [0.15, 0.2) is 0 Å². The Balaban J connectivity index is 1.97. The molecule has 5 nitrogen and oxygen atoms in total. The van der Waals surface area contributed by atoms with E-state index in [1.165, 1.54) is 0 Å². The van der Waals surface area contributed by atoms with Crippen molar-refractivity contribution >= 4 is 12.0 Å². The van der Waals surface area contributed by atoms with Gasteiger partial charge in [-0.1, -0.05) is 18.2 Å². The van der Waals surface area contributed by atoms with Crippen LogP contribution in [-0.4, -0.2) is 41.1 Å². The van der Waals surface area contributed by atoms with Gasteiger partial charge >= 0.3 is 6.09 Å². The molecule has 90 valence electrons. The maximum atomic E-state index is 12.0. The molecule has 1 aromatic rings. The first-order valence-electron chi connectivity index (χ1n) is 5.50. The Kier molecular flexibility index (Phi) is 3.27. The number of carbonyl (C=O) groups is 2. The monoisotopic (exact) mass is 234 g/mol. The van der Waals surface area contributed by atoms with E-state index in [1.807, 2.05) is 18.2 Å². The van der Waals surface area contributed by atoms with Crippen molar-refractivity contribution in [2.45, 2.75) is 12.5 Å². The largest absolute Gasteiger partial charge is 0.465 e. The van der Waals surface area contributed by atoms with Gasteiger partial charge in [0.25, 0.3) is 5.91 Å². The summed E-state index contributed by atoms with van der Waals surface area (Å²) in [6.45, 7) is 1.04. The summed E-state index contributed by atoms with van der Waals surface area (Å²) in [5.41, 5.74) is 0.642. The first-order chi connectivity index (χ1) is 8.16. The van der Waals surface area contributed by atoms with Crippen LogP contribution in [0.3, 0.4) is 0 Å². The van der Waals surface area contributed by atoms with E-state index in [2.05, 4.69) is 5.32 Å². The molecule has 1 aromatic carbocycles. The summed E-state index contributed by atoms with van der Waals surface area (Å²) in [7, 11) is 0. The zero-order valence-electron chi connectivity index (χ0n) is 9.30. The molecule has 0 radical (unpaired) electrons. The predicted molar refractivity (Wildman–Crippen MR) is 61.9 cm³/mol. The highest BCUT2D eigenvalue weighted by Gasteiger charge is 2.27. The highest BCUT2D eigenvalue weighted by molar-refractivity contribution is 5.94. The van der Waals surface area contributed by atoms with Gasteiger partial charge in [0.2, 0.25) is 0 Å². The average molecular weight is 234 g/mol. The highest BCUT2D eigenvalue weighted by atomic mass is 16.4. The fraction of sp³-hybridized carbons (Fsp3) is 0.333. The van der Waals surface area contributed by atoms with Crippen LogP contribution in [0.5, 0.6) is 0 Å². The fourth-order valence-electron chi connectivity index (χ4n) is 2.00. The lowest BCUT2D eigenvalue weighted by atomic mass is 10.2. The molecule has 1 atom stereocenters. The predicted octanol–water partition coefficient (Wildman–Crippen LogP) is 1.17. The van der Waals surface area contributed by atoms with Crippen molar-refractivity contribution < 1.29 is 14.7 Å². The van der Waals surface area contributed by atoms with E-state index < -0.39 is 6.09 Å². The molecule has 1 heterocycles. The molecule has 0 bridgehead atoms. The summed E-state index contributed by atoms with van der Waals surface area (Å²) in [5.74, 6) is -0.0414. The molecule has 2 rings (SSSR count). The van der Waals surface area contributed by atoms with Crippen molar-refractivity contribution in [1.29, 1.82) is 0 Å². The number of likely N-dealkylation sites (tertiary alicyclic amines) is 1. The van der Waals surface area contributed by atoms with Gasteiger partial charge < -0.3 is 15.3 Å². The van der Waals surface area contributed by atoms with Gasteiger partial charge in [-0.25, -0.2) is 4.79 Å². The third kappa shape index (κ3) is 2.75. The number of benzene rings is 1. The van der Waals surface area contributed by atoms with Crippen LogP contribution in [0.2, 0.25) is 0 Å². The minimum absolute atomic E-state index is 0.0414. The minimum Gasteiger partial charge on any atom is -0.465 e. The van der Waals surface area contributed by atoms with Gasteiger partial charge in [0.1, 0.15) is 0 Å². The lowest BCUT2D eigenvalue weighted by Crippen LogP contribution is -2.37. The molecule has 1 aliphatic rings. The van der Waals surface area contributed by atoms with E-state index in [1.54, 1.807) is 17.0 Å². The van der Waals surface area contributed by atoms with Crippen LogP contribution < -0.4 is 5.32 Å². The third-order valence-corrected chi connectivity index (χ3v) is 2.82. The van der Waals surface area contributed by atoms with Crippen molar-refractivity contribution in [2.24, 2.45) is 0 Å². The smallest absolute Gasteiger partial charge is 0.404 e. The Bertz CT molecular complexity index is 419. The number of rotatable bonds is 2. The zero-order valence-corrected chi connectivity index (χ0v) is 9.30. The van der Waals surface area contributed by atoms with Gasteiger partial charge in [-0.15, -0.1) is 0 Å². The summed E-state index contributed by atoms with van der Waals surface area (Å²) in [6.07, 6.45) is -0.366. The van der Waals surface area contributed by atoms with Crippen LogP contribution in [0.25, 0.3) is 0 Å². The second kappa shape index (κ2) is 4.86. The van der Waals surface area contributed by atoms with E-state index >= 15 is 0 Å². The molecule has 1 fully saturated rings. The lowest BCUT2D eigenvalue weighted by Gasteiger charge is -2.16. The van der Waals surface area contributed by atoms with Gasteiger partial charge in [-0.3, -0.25) is 4.79 Å². The Morgan fingerprint density at radius 3 is 2.65 bits per heavy atom. The maximum absolute atomic E-state index is 12.0. The van der Waals surface area contributed by atoms with Crippen molar-refractivity contribution in [3.05, 3.63) is 35.9 Å². The van der Waals surface area contributed by atoms with Crippen LogP contribution in [0.4, 0.5) is 4.79 Å². The van der Waals surface area contributed by atoms with E-state index in [9.17, 15) is 9.59 Å². The Hall–Kier alpha value is -2.04. The highest BCUT2D eigenvalue weighted by Crippen LogP contribution is 2.13. The lowest BCUT2D eigenvalue weighted by molar-refractivity contribution is 0.0788. The topological polar surface area (TPSA) is 69.6 Å². The molecule has 0 spiro atoms. The van der Waals surface area contributed by atoms with Crippen LogP contribution in [0.15, 0.2) is 30.3 Å². The van der Waals surface area contributed by atoms with Crippen molar-refractivity contribution in [2.75, 3.05) is 13.1 Å². The molecule has 17 heavy (non-hydrogen) atoms. The van der Waals surface area contributed by atoms with Crippen molar-refractivity contribution in [3.63, 3.8) is 0 Å². The second-order valence-electron chi connectivity index (χ2n) is 4.05. The molecule has 0 saturated carbocycles. The Labute approximate surface area is 99.0 Å². The van der Waals surface area contributed by atoms with E-state index in [4.69, 9.17) is 5.11 Å². The molecule has 1 unspecified atom stereocenters. The number of hydrogen-bond donors (Lipinski definition) is 2. The number of amides is 2. The summed E-state index contributed by atoms with van der Waals surface area (Å²) in [4.78, 5) is 24.2. The number of nitrogens with one attached hydrogen (secondary N) is 1. The molecule has 0 aliphatic carbocycles. The van der Waals surface area contributed by atoms with E-state index in [0.717, 1.165) is 0 Å². The number of carboxylic acid groups (broad SMARTS) is 1. The number of nitrogens with zero attached hydrogens (tertiary/aromatic N) is 1. The van der Waals surface area contributed by atoms with E-state index in [0.29, 0.717) is 25.1 Å². The van der Waals surface area contributed by atoms with Crippen LogP contribution in [0, 0.1) is 0 Å². The van der Waals surface area contributed by atoms with Gasteiger partial charge in [0.05, 0.1) is 6.04 Å².